The van der Waals surface area contributed by atoms with Gasteiger partial charge in [-0.1, -0.05) is 0 Å². The van der Waals surface area contributed by atoms with E-state index in [2.05, 4.69) is 20.4 Å². The largest absolute Gasteiger partial charge is 0.288 e. The molecule has 1 aliphatic heterocycles. The monoisotopic (exact) mass is 446 g/mol. The number of hydrogen-bond donors (Lipinski definition) is 2. The molecule has 0 unspecified atom stereocenters. The van der Waals surface area contributed by atoms with Crippen LogP contribution >= 0.6 is 11.8 Å². The van der Waals surface area contributed by atoms with E-state index >= 15 is 0 Å². The van der Waals surface area contributed by atoms with E-state index < -0.39 is 0 Å². The Kier molecular flexibility index (Phi) is 5.28. The Labute approximate surface area is 186 Å². The quantitative estimate of drug-likeness (QED) is 0.407. The molecule has 32 heavy (non-hydrogen) atoms. The SMILES string of the molecule is O=C1C(=Cc2cn[nH]c2-c2ccc(F)cc2)CSC1=Cc1cn[nH]c1-c1ccc(F)cc1. The van der Waals surface area contributed by atoms with Gasteiger partial charge in [-0.2, -0.15) is 10.2 Å². The van der Waals surface area contributed by atoms with Crippen LogP contribution in [0, 0.1) is 11.6 Å². The Bertz CT molecular complexity index is 1250. The van der Waals surface area contributed by atoms with Crippen molar-refractivity contribution in [2.75, 3.05) is 5.75 Å². The number of carbonyl (C=O) groups is 1. The van der Waals surface area contributed by atoms with Gasteiger partial charge in [0.25, 0.3) is 0 Å². The molecule has 3 heterocycles. The second-order valence-electron chi connectivity index (χ2n) is 7.21. The molecule has 1 saturated heterocycles. The first-order valence-corrected chi connectivity index (χ1v) is 10.8. The Morgan fingerprint density at radius 1 is 0.781 bits per heavy atom. The van der Waals surface area contributed by atoms with Gasteiger partial charge in [-0.25, -0.2) is 8.78 Å². The van der Waals surface area contributed by atoms with Gasteiger partial charge >= 0.3 is 0 Å². The van der Waals surface area contributed by atoms with Gasteiger partial charge in [-0.3, -0.25) is 15.0 Å². The number of aromatic nitrogens is 4. The summed E-state index contributed by atoms with van der Waals surface area (Å²) in [6, 6.07) is 12.2. The summed E-state index contributed by atoms with van der Waals surface area (Å²) in [5.74, 6) is -0.163. The van der Waals surface area contributed by atoms with Crippen molar-refractivity contribution in [3.8, 4) is 22.5 Å². The molecule has 1 fully saturated rings. The van der Waals surface area contributed by atoms with E-state index in [1.54, 1.807) is 42.7 Å². The predicted octanol–water partition coefficient (Wildman–Crippen LogP) is 5.49. The van der Waals surface area contributed by atoms with Crippen LogP contribution in [-0.4, -0.2) is 31.9 Å². The van der Waals surface area contributed by atoms with Crippen molar-refractivity contribution < 1.29 is 13.6 Å². The molecule has 0 saturated carbocycles. The molecule has 1 aliphatic rings. The molecule has 0 atom stereocenters. The van der Waals surface area contributed by atoms with Crippen LogP contribution in [0.2, 0.25) is 0 Å². The Morgan fingerprint density at radius 3 is 1.81 bits per heavy atom. The topological polar surface area (TPSA) is 74.4 Å². The molecule has 8 heteroatoms. The number of H-pyrrole nitrogens is 2. The smallest absolute Gasteiger partial charge is 0.196 e. The summed E-state index contributed by atoms with van der Waals surface area (Å²) < 4.78 is 26.5. The zero-order valence-electron chi connectivity index (χ0n) is 16.6. The fraction of sp³-hybridized carbons (Fsp3) is 0.0417. The van der Waals surface area contributed by atoms with Crippen LogP contribution in [0.3, 0.4) is 0 Å². The number of benzene rings is 2. The van der Waals surface area contributed by atoms with Gasteiger partial charge in [0, 0.05) is 33.6 Å². The minimum Gasteiger partial charge on any atom is -0.288 e. The van der Waals surface area contributed by atoms with Crippen LogP contribution in [0.15, 0.2) is 71.4 Å². The molecule has 0 radical (unpaired) electrons. The zero-order chi connectivity index (χ0) is 22.1. The molecule has 2 aromatic carbocycles. The summed E-state index contributed by atoms with van der Waals surface area (Å²) in [6.45, 7) is 0. The van der Waals surface area contributed by atoms with Gasteiger partial charge in [-0.15, -0.1) is 11.8 Å². The average Bonchev–Trinajstić information content (AvgIpc) is 3.53. The number of nitrogens with one attached hydrogen (secondary N) is 2. The number of Topliss-reactive ketones (excluding diaryl/α,β-unsaturated/α-hetero) is 1. The van der Waals surface area contributed by atoms with E-state index in [0.717, 1.165) is 33.6 Å². The molecule has 0 aliphatic carbocycles. The van der Waals surface area contributed by atoms with Gasteiger partial charge in [0.2, 0.25) is 0 Å². The maximum atomic E-state index is 13.2. The molecule has 4 aromatic rings. The van der Waals surface area contributed by atoms with Crippen molar-refractivity contribution in [2.45, 2.75) is 0 Å². The fourth-order valence-electron chi connectivity index (χ4n) is 3.49. The van der Waals surface area contributed by atoms with E-state index in [0.29, 0.717) is 16.2 Å². The van der Waals surface area contributed by atoms with E-state index in [9.17, 15) is 13.6 Å². The number of aromatic amines is 2. The minimum absolute atomic E-state index is 0.0625. The number of carbonyl (C=O) groups excluding carboxylic acids is 1. The van der Waals surface area contributed by atoms with Crippen LogP contribution < -0.4 is 0 Å². The number of rotatable bonds is 4. The number of hydrogen-bond acceptors (Lipinski definition) is 4. The number of thioether (sulfide) groups is 1. The number of allylic oxidation sites excluding steroid dienone is 1. The molecule has 2 N–H and O–H groups in total. The van der Waals surface area contributed by atoms with Gasteiger partial charge in [0.1, 0.15) is 11.6 Å². The van der Waals surface area contributed by atoms with Crippen molar-refractivity contribution in [2.24, 2.45) is 0 Å². The lowest BCUT2D eigenvalue weighted by Gasteiger charge is -2.01. The summed E-state index contributed by atoms with van der Waals surface area (Å²) in [4.78, 5) is 13.6. The molecule has 5 rings (SSSR count). The third kappa shape index (κ3) is 3.92. The summed E-state index contributed by atoms with van der Waals surface area (Å²) >= 11 is 1.45. The third-order valence-corrected chi connectivity index (χ3v) is 6.19. The van der Waals surface area contributed by atoms with E-state index in [4.69, 9.17) is 0 Å². The Balaban J connectivity index is 1.42. The highest BCUT2D eigenvalue weighted by Gasteiger charge is 2.25. The zero-order valence-corrected chi connectivity index (χ0v) is 17.4. The first kappa shape index (κ1) is 20.1. The van der Waals surface area contributed by atoms with Gasteiger partial charge in [-0.05, 0) is 60.7 Å². The Hall–Kier alpha value is -3.78. The molecule has 158 valence electrons. The standard InChI is InChI=1S/C24H16F2N4OS/c25-19-5-1-14(2-6-19)22-16(11-27-29-22)9-18-13-32-21(24(18)31)10-17-12-28-30-23(17)15-3-7-20(26)8-4-15/h1-12H,13H2,(H,27,29)(H,28,30). The molecule has 0 amide bonds. The van der Waals surface area contributed by atoms with E-state index in [1.807, 2.05) is 6.08 Å². The molecule has 0 bridgehead atoms. The molecule has 5 nitrogen and oxygen atoms in total. The van der Waals surface area contributed by atoms with Crippen LogP contribution in [0.4, 0.5) is 8.78 Å². The van der Waals surface area contributed by atoms with E-state index in [-0.39, 0.29) is 17.4 Å². The predicted molar refractivity (Wildman–Crippen MR) is 121 cm³/mol. The van der Waals surface area contributed by atoms with Crippen LogP contribution in [-0.2, 0) is 4.79 Å². The number of nitrogens with zero attached hydrogens (tertiary/aromatic N) is 2. The summed E-state index contributed by atoms with van der Waals surface area (Å²) in [5, 5.41) is 14.0. The van der Waals surface area contributed by atoms with E-state index in [1.165, 1.54) is 36.0 Å². The van der Waals surface area contributed by atoms with Gasteiger partial charge in [0.05, 0.1) is 28.7 Å². The molecule has 2 aromatic heterocycles. The lowest BCUT2D eigenvalue weighted by molar-refractivity contribution is -0.111. The number of ketones is 1. The summed E-state index contributed by atoms with van der Waals surface area (Å²) in [6.07, 6.45) is 6.90. The minimum atomic E-state index is -0.316. The average molecular weight is 446 g/mol. The summed E-state index contributed by atoms with van der Waals surface area (Å²) in [7, 11) is 0. The lowest BCUT2D eigenvalue weighted by Crippen LogP contribution is -1.96. The van der Waals surface area contributed by atoms with Crippen molar-refractivity contribution in [3.63, 3.8) is 0 Å². The maximum Gasteiger partial charge on any atom is 0.196 e. The third-order valence-electron chi connectivity index (χ3n) is 5.12. The maximum absolute atomic E-state index is 13.2. The van der Waals surface area contributed by atoms with Crippen LogP contribution in [0.25, 0.3) is 34.7 Å². The molecular weight excluding hydrogens is 430 g/mol. The Morgan fingerprint density at radius 2 is 1.28 bits per heavy atom. The first-order valence-electron chi connectivity index (χ1n) is 9.77. The second-order valence-corrected chi connectivity index (χ2v) is 8.23. The molecule has 0 spiro atoms. The molecular formula is C24H16F2N4OS. The van der Waals surface area contributed by atoms with Crippen molar-refractivity contribution >= 4 is 29.7 Å². The number of halogens is 2. The van der Waals surface area contributed by atoms with Gasteiger partial charge < -0.3 is 0 Å². The van der Waals surface area contributed by atoms with Crippen molar-refractivity contribution in [1.82, 2.24) is 20.4 Å². The summed E-state index contributed by atoms with van der Waals surface area (Å²) in [5.41, 5.74) is 5.17. The normalized spacial score (nSPS) is 16.4. The lowest BCUT2D eigenvalue weighted by atomic mass is 10.0. The van der Waals surface area contributed by atoms with Gasteiger partial charge in [0.15, 0.2) is 5.78 Å². The highest BCUT2D eigenvalue weighted by Crippen LogP contribution is 2.36. The highest BCUT2D eigenvalue weighted by molar-refractivity contribution is 8.05. The van der Waals surface area contributed by atoms with Crippen molar-refractivity contribution in [3.05, 3.63) is 94.2 Å². The van der Waals surface area contributed by atoms with Crippen LogP contribution in [0.1, 0.15) is 11.1 Å². The first-order chi connectivity index (χ1) is 15.6. The fourth-order valence-corrected chi connectivity index (χ4v) is 4.49. The highest BCUT2D eigenvalue weighted by atomic mass is 32.2. The van der Waals surface area contributed by atoms with Crippen molar-refractivity contribution in [1.29, 1.82) is 0 Å². The second kappa shape index (κ2) is 8.39. The van der Waals surface area contributed by atoms with Crippen LogP contribution in [0.5, 0.6) is 0 Å².